The van der Waals surface area contributed by atoms with Gasteiger partial charge in [-0.05, 0) is 30.3 Å². The third-order valence-corrected chi connectivity index (χ3v) is 3.51. The number of oxazole rings is 1. The number of para-hydroxylation sites is 1. The third-order valence-electron chi connectivity index (χ3n) is 2.96. The van der Waals surface area contributed by atoms with Crippen LogP contribution in [0.4, 0.5) is 5.69 Å². The van der Waals surface area contributed by atoms with E-state index >= 15 is 0 Å². The molecule has 1 heterocycles. The Morgan fingerprint density at radius 3 is 2.62 bits per heavy atom. The Hall–Kier alpha value is -1.97. The minimum absolute atomic E-state index is 0.488. The van der Waals surface area contributed by atoms with E-state index in [4.69, 9.17) is 27.6 Å². The van der Waals surface area contributed by atoms with E-state index in [9.17, 15) is 0 Å². The standard InChI is InChI=1S/C16H12Cl2N2O/c17-11-6-7-14(15(18)8-11)16-20-13(10-21-16)9-19-12-4-2-1-3-5-12/h1-8,10,19H,9H2. The molecule has 2 aromatic carbocycles. The maximum atomic E-state index is 6.15. The van der Waals surface area contributed by atoms with Gasteiger partial charge in [0, 0.05) is 10.7 Å². The molecule has 3 rings (SSSR count). The third kappa shape index (κ3) is 3.38. The molecule has 0 atom stereocenters. The molecule has 0 fully saturated rings. The molecule has 1 N–H and O–H groups in total. The molecule has 0 radical (unpaired) electrons. The first-order valence-corrected chi connectivity index (χ1v) is 7.17. The molecule has 21 heavy (non-hydrogen) atoms. The maximum absolute atomic E-state index is 6.15. The summed E-state index contributed by atoms with van der Waals surface area (Å²) < 4.78 is 5.48. The first kappa shape index (κ1) is 14.0. The minimum atomic E-state index is 0.488. The second kappa shape index (κ2) is 6.20. The van der Waals surface area contributed by atoms with Crippen LogP contribution in [0.5, 0.6) is 0 Å². The van der Waals surface area contributed by atoms with Gasteiger partial charge in [0.1, 0.15) is 6.26 Å². The molecule has 0 aliphatic carbocycles. The number of anilines is 1. The van der Waals surface area contributed by atoms with Crippen molar-refractivity contribution in [3.8, 4) is 11.5 Å². The summed E-state index contributed by atoms with van der Waals surface area (Å²) in [4.78, 5) is 4.43. The van der Waals surface area contributed by atoms with Crippen LogP contribution < -0.4 is 5.32 Å². The van der Waals surface area contributed by atoms with E-state index in [-0.39, 0.29) is 0 Å². The average Bonchev–Trinajstić information content (AvgIpc) is 2.95. The van der Waals surface area contributed by atoms with Crippen molar-refractivity contribution in [3.63, 3.8) is 0 Å². The molecule has 0 spiro atoms. The molecule has 0 unspecified atom stereocenters. The zero-order valence-corrected chi connectivity index (χ0v) is 12.5. The van der Waals surface area contributed by atoms with Crippen LogP contribution in [0.2, 0.25) is 10.0 Å². The molecule has 0 aliphatic rings. The zero-order chi connectivity index (χ0) is 14.7. The van der Waals surface area contributed by atoms with Gasteiger partial charge in [0.05, 0.1) is 22.8 Å². The molecule has 1 aromatic heterocycles. The Bertz CT molecular complexity index is 741. The molecular weight excluding hydrogens is 307 g/mol. The van der Waals surface area contributed by atoms with Gasteiger partial charge in [-0.25, -0.2) is 4.98 Å². The van der Waals surface area contributed by atoms with Crippen molar-refractivity contribution in [2.24, 2.45) is 0 Å². The van der Waals surface area contributed by atoms with Gasteiger partial charge in [-0.2, -0.15) is 0 Å². The lowest BCUT2D eigenvalue weighted by molar-refractivity contribution is 0.573. The van der Waals surface area contributed by atoms with Crippen molar-refractivity contribution in [2.75, 3.05) is 5.32 Å². The molecular formula is C16H12Cl2N2O. The normalized spacial score (nSPS) is 10.6. The number of hydrogen-bond acceptors (Lipinski definition) is 3. The molecule has 0 saturated heterocycles. The Balaban J connectivity index is 1.74. The summed E-state index contributed by atoms with van der Waals surface area (Å²) in [6.45, 7) is 0.582. The van der Waals surface area contributed by atoms with E-state index in [0.29, 0.717) is 22.5 Å². The number of rotatable bonds is 4. The molecule has 0 aliphatic heterocycles. The first-order valence-electron chi connectivity index (χ1n) is 6.41. The van der Waals surface area contributed by atoms with Crippen LogP contribution in [-0.2, 0) is 6.54 Å². The zero-order valence-electron chi connectivity index (χ0n) is 11.0. The largest absolute Gasteiger partial charge is 0.444 e. The highest BCUT2D eigenvalue weighted by atomic mass is 35.5. The Morgan fingerprint density at radius 2 is 1.86 bits per heavy atom. The lowest BCUT2D eigenvalue weighted by Crippen LogP contribution is -1.99. The van der Waals surface area contributed by atoms with Gasteiger partial charge in [-0.1, -0.05) is 41.4 Å². The second-order valence-electron chi connectivity index (χ2n) is 4.49. The monoisotopic (exact) mass is 318 g/mol. The fraction of sp³-hybridized carbons (Fsp3) is 0.0625. The van der Waals surface area contributed by atoms with Gasteiger partial charge in [0.2, 0.25) is 5.89 Å². The predicted molar refractivity (Wildman–Crippen MR) is 85.7 cm³/mol. The van der Waals surface area contributed by atoms with Crippen molar-refractivity contribution in [2.45, 2.75) is 6.54 Å². The number of halogens is 2. The Kier molecular flexibility index (Phi) is 4.13. The summed E-state index contributed by atoms with van der Waals surface area (Å²) in [5.74, 6) is 0.488. The van der Waals surface area contributed by atoms with Gasteiger partial charge in [-0.15, -0.1) is 0 Å². The fourth-order valence-corrected chi connectivity index (χ4v) is 2.41. The van der Waals surface area contributed by atoms with E-state index in [0.717, 1.165) is 16.9 Å². The highest BCUT2D eigenvalue weighted by molar-refractivity contribution is 6.36. The predicted octanol–water partition coefficient (Wildman–Crippen LogP) is 5.26. The first-order chi connectivity index (χ1) is 10.2. The van der Waals surface area contributed by atoms with Crippen molar-refractivity contribution in [3.05, 3.63) is 70.5 Å². The summed E-state index contributed by atoms with van der Waals surface area (Å²) in [7, 11) is 0. The van der Waals surface area contributed by atoms with Crippen LogP contribution >= 0.6 is 23.2 Å². The number of aromatic nitrogens is 1. The van der Waals surface area contributed by atoms with Gasteiger partial charge in [-0.3, -0.25) is 0 Å². The SMILES string of the molecule is Clc1ccc(-c2nc(CNc3ccccc3)co2)c(Cl)c1. The molecule has 106 valence electrons. The maximum Gasteiger partial charge on any atom is 0.227 e. The summed E-state index contributed by atoms with van der Waals surface area (Å²) in [6.07, 6.45) is 1.62. The van der Waals surface area contributed by atoms with E-state index in [1.807, 2.05) is 30.3 Å². The summed E-state index contributed by atoms with van der Waals surface area (Å²) >= 11 is 12.0. The van der Waals surface area contributed by atoms with E-state index in [2.05, 4.69) is 10.3 Å². The van der Waals surface area contributed by atoms with Gasteiger partial charge >= 0.3 is 0 Å². The molecule has 0 amide bonds. The molecule has 3 nitrogen and oxygen atoms in total. The number of nitrogens with zero attached hydrogens (tertiary/aromatic N) is 1. The van der Waals surface area contributed by atoms with E-state index in [1.165, 1.54) is 0 Å². The van der Waals surface area contributed by atoms with Crippen LogP contribution in [0.25, 0.3) is 11.5 Å². The quantitative estimate of drug-likeness (QED) is 0.713. The highest BCUT2D eigenvalue weighted by Crippen LogP contribution is 2.29. The number of benzene rings is 2. The number of hydrogen-bond donors (Lipinski definition) is 1. The van der Waals surface area contributed by atoms with Crippen molar-refractivity contribution in [1.29, 1.82) is 0 Å². The Morgan fingerprint density at radius 1 is 1.05 bits per heavy atom. The van der Waals surface area contributed by atoms with Gasteiger partial charge in [0.15, 0.2) is 0 Å². The van der Waals surface area contributed by atoms with Crippen molar-refractivity contribution >= 4 is 28.9 Å². The molecule has 5 heteroatoms. The van der Waals surface area contributed by atoms with Crippen LogP contribution in [-0.4, -0.2) is 4.98 Å². The lowest BCUT2D eigenvalue weighted by Gasteiger charge is -2.02. The van der Waals surface area contributed by atoms with E-state index < -0.39 is 0 Å². The summed E-state index contributed by atoms with van der Waals surface area (Å²) in [5, 5.41) is 4.38. The van der Waals surface area contributed by atoms with Gasteiger partial charge < -0.3 is 9.73 Å². The molecule has 3 aromatic rings. The highest BCUT2D eigenvalue weighted by Gasteiger charge is 2.10. The minimum Gasteiger partial charge on any atom is -0.444 e. The van der Waals surface area contributed by atoms with Crippen molar-refractivity contribution < 1.29 is 4.42 Å². The average molecular weight is 319 g/mol. The van der Waals surface area contributed by atoms with Crippen LogP contribution in [0.3, 0.4) is 0 Å². The van der Waals surface area contributed by atoms with Crippen molar-refractivity contribution in [1.82, 2.24) is 4.98 Å². The topological polar surface area (TPSA) is 38.1 Å². The Labute approximate surface area is 132 Å². The smallest absolute Gasteiger partial charge is 0.227 e. The van der Waals surface area contributed by atoms with Crippen LogP contribution in [0.1, 0.15) is 5.69 Å². The summed E-state index contributed by atoms with van der Waals surface area (Å²) in [5.41, 5.74) is 2.57. The molecule has 0 saturated carbocycles. The van der Waals surface area contributed by atoms with Crippen LogP contribution in [0.15, 0.2) is 59.2 Å². The summed E-state index contributed by atoms with van der Waals surface area (Å²) in [6, 6.07) is 15.1. The second-order valence-corrected chi connectivity index (χ2v) is 5.33. The van der Waals surface area contributed by atoms with E-state index in [1.54, 1.807) is 24.5 Å². The fourth-order valence-electron chi connectivity index (χ4n) is 1.92. The number of nitrogens with one attached hydrogen (secondary N) is 1. The van der Waals surface area contributed by atoms with Crippen LogP contribution in [0, 0.1) is 0 Å². The lowest BCUT2D eigenvalue weighted by atomic mass is 10.2. The molecule has 0 bridgehead atoms. The van der Waals surface area contributed by atoms with Gasteiger partial charge in [0.25, 0.3) is 0 Å².